The van der Waals surface area contributed by atoms with Crippen LogP contribution in [0.4, 0.5) is 5.69 Å². The molecule has 45 heavy (non-hydrogen) atoms. The van der Waals surface area contributed by atoms with Crippen LogP contribution in [-0.4, -0.2) is 30.5 Å². The van der Waals surface area contributed by atoms with Gasteiger partial charge in [-0.2, -0.15) is 0 Å². The smallest absolute Gasteiger partial charge is 0.137 e. The molecule has 1 aliphatic heterocycles. The summed E-state index contributed by atoms with van der Waals surface area (Å²) in [6, 6.07) is 22.9. The van der Waals surface area contributed by atoms with Crippen LogP contribution in [-0.2, 0) is 11.1 Å². The van der Waals surface area contributed by atoms with E-state index in [1.54, 1.807) is 38.6 Å². The average molecular weight is 605 g/mol. The van der Waals surface area contributed by atoms with Gasteiger partial charge in [-0.15, -0.1) is 0 Å². The highest BCUT2D eigenvalue weighted by atomic mass is 16.3. The molecule has 6 nitrogen and oxygen atoms in total. The Kier molecular flexibility index (Phi) is 9.43. The number of aromatic nitrogens is 3. The number of anilines is 1. The standard InChI is InChI=1S/C14H17NO.C14H17N.C11H14N2O/c1-10-5-8-13-12(9-10)7-6-11(2)15(13)14(3,4)16;1-10-5-7-12-11(9-10)6-8-13(15-12)14(2,3)4;1-8-4-5-10-9(6-8)12-7-13(10)11(2,3)14/h5-9,16H,2H2,1,3-4H3;5-9H,1-4H3;4-7,14H,1-3H3. The third kappa shape index (κ3) is 8.07. The number of rotatable bonds is 2. The molecule has 3 heterocycles. The Morgan fingerprint density at radius 2 is 1.29 bits per heavy atom. The fourth-order valence-corrected chi connectivity index (χ4v) is 5.29. The number of fused-ring (bicyclic) bond motifs is 3. The first-order valence-corrected chi connectivity index (χ1v) is 15.4. The van der Waals surface area contributed by atoms with Crippen molar-refractivity contribution >= 4 is 33.7 Å². The predicted molar refractivity (Wildman–Crippen MR) is 189 cm³/mol. The fourth-order valence-electron chi connectivity index (χ4n) is 5.29. The van der Waals surface area contributed by atoms with Gasteiger partial charge >= 0.3 is 0 Å². The molecule has 0 radical (unpaired) electrons. The van der Waals surface area contributed by atoms with E-state index < -0.39 is 11.4 Å². The number of aliphatic hydroxyl groups is 2. The van der Waals surface area contributed by atoms with Gasteiger partial charge in [0.1, 0.15) is 11.4 Å². The molecule has 6 heteroatoms. The van der Waals surface area contributed by atoms with E-state index in [9.17, 15) is 10.2 Å². The fraction of sp³-hybridized carbons (Fsp3) is 0.333. The minimum Gasteiger partial charge on any atom is -0.371 e. The van der Waals surface area contributed by atoms with Crippen molar-refractivity contribution in [1.29, 1.82) is 0 Å². The maximum Gasteiger partial charge on any atom is 0.137 e. The van der Waals surface area contributed by atoms with E-state index in [-0.39, 0.29) is 5.41 Å². The SMILES string of the molecule is C=C1C=Cc2cc(C)ccc2N1C(C)(C)O.Cc1ccc2c(c1)ncn2C(C)(C)O.Cc1ccc2nc(C(C)(C)C)ccc2c1. The van der Waals surface area contributed by atoms with Crippen LogP contribution in [0, 0.1) is 20.8 Å². The van der Waals surface area contributed by atoms with Crippen molar-refractivity contribution in [1.82, 2.24) is 14.5 Å². The zero-order valence-electron chi connectivity index (χ0n) is 28.5. The van der Waals surface area contributed by atoms with Gasteiger partial charge in [-0.1, -0.05) is 68.8 Å². The summed E-state index contributed by atoms with van der Waals surface area (Å²) >= 11 is 0. The molecule has 0 saturated carbocycles. The topological polar surface area (TPSA) is 74.4 Å². The lowest BCUT2D eigenvalue weighted by atomic mass is 9.91. The molecule has 0 atom stereocenters. The molecule has 2 aromatic heterocycles. The van der Waals surface area contributed by atoms with Crippen molar-refractivity contribution < 1.29 is 10.2 Å². The maximum absolute atomic E-state index is 10.2. The highest BCUT2D eigenvalue weighted by molar-refractivity contribution is 5.80. The molecule has 3 aromatic carbocycles. The quantitative estimate of drug-likeness (QED) is 0.210. The van der Waals surface area contributed by atoms with Gasteiger partial charge in [0.2, 0.25) is 0 Å². The third-order valence-corrected chi connectivity index (χ3v) is 7.62. The number of imidazole rings is 1. The first-order chi connectivity index (χ1) is 20.8. The van der Waals surface area contributed by atoms with E-state index in [0.717, 1.165) is 39.2 Å². The monoisotopic (exact) mass is 604 g/mol. The number of hydrogen-bond acceptors (Lipinski definition) is 5. The van der Waals surface area contributed by atoms with Gasteiger partial charge < -0.3 is 19.7 Å². The second-order valence-electron chi connectivity index (χ2n) is 14.0. The van der Waals surface area contributed by atoms with E-state index in [1.165, 1.54) is 22.1 Å². The first-order valence-electron chi connectivity index (χ1n) is 15.4. The van der Waals surface area contributed by atoms with Crippen LogP contribution >= 0.6 is 0 Å². The zero-order chi connectivity index (χ0) is 33.3. The minimum atomic E-state index is -0.939. The van der Waals surface area contributed by atoms with E-state index in [1.807, 2.05) is 54.3 Å². The Morgan fingerprint density at radius 1 is 0.667 bits per heavy atom. The molecule has 6 rings (SSSR count). The predicted octanol–water partition coefficient (Wildman–Crippen LogP) is 8.94. The summed E-state index contributed by atoms with van der Waals surface area (Å²) in [4.78, 5) is 10.8. The van der Waals surface area contributed by atoms with Gasteiger partial charge in [-0.25, -0.2) is 4.98 Å². The summed E-state index contributed by atoms with van der Waals surface area (Å²) < 4.78 is 1.77. The minimum absolute atomic E-state index is 0.124. The molecular weight excluding hydrogens is 556 g/mol. The van der Waals surface area contributed by atoms with E-state index in [4.69, 9.17) is 0 Å². The van der Waals surface area contributed by atoms with Crippen LogP contribution in [0.25, 0.3) is 28.0 Å². The van der Waals surface area contributed by atoms with Crippen molar-refractivity contribution in [3.8, 4) is 0 Å². The van der Waals surface area contributed by atoms with Crippen molar-refractivity contribution in [2.75, 3.05) is 4.90 Å². The summed E-state index contributed by atoms with van der Waals surface area (Å²) in [6.45, 7) is 23.7. The molecule has 236 valence electrons. The number of pyridine rings is 1. The summed E-state index contributed by atoms with van der Waals surface area (Å²) in [5.41, 5.74) is 9.03. The first kappa shape index (κ1) is 33.6. The van der Waals surface area contributed by atoms with E-state index >= 15 is 0 Å². The molecule has 0 fully saturated rings. The van der Waals surface area contributed by atoms with E-state index in [0.29, 0.717) is 0 Å². The molecule has 0 saturated heterocycles. The van der Waals surface area contributed by atoms with Gasteiger partial charge in [0.25, 0.3) is 0 Å². The van der Waals surface area contributed by atoms with Gasteiger partial charge in [-0.05, 0) is 108 Å². The highest BCUT2D eigenvalue weighted by Crippen LogP contribution is 2.35. The lowest BCUT2D eigenvalue weighted by Gasteiger charge is -2.39. The van der Waals surface area contributed by atoms with Crippen LogP contribution < -0.4 is 4.90 Å². The molecule has 0 spiro atoms. The molecule has 0 unspecified atom stereocenters. The highest BCUT2D eigenvalue weighted by Gasteiger charge is 2.28. The summed E-state index contributed by atoms with van der Waals surface area (Å²) in [6.07, 6.45) is 5.64. The van der Waals surface area contributed by atoms with E-state index in [2.05, 4.69) is 87.6 Å². The lowest BCUT2D eigenvalue weighted by Crippen LogP contribution is -2.43. The molecule has 0 amide bonds. The number of nitrogens with zero attached hydrogens (tertiary/aromatic N) is 4. The van der Waals surface area contributed by atoms with Crippen molar-refractivity contribution in [3.05, 3.63) is 119 Å². The van der Waals surface area contributed by atoms with Crippen LogP contribution in [0.2, 0.25) is 0 Å². The Hall–Kier alpha value is -4.26. The maximum atomic E-state index is 10.2. The largest absolute Gasteiger partial charge is 0.371 e. The Balaban J connectivity index is 0.000000154. The van der Waals surface area contributed by atoms with Crippen molar-refractivity contribution in [3.63, 3.8) is 0 Å². The second kappa shape index (κ2) is 12.6. The van der Waals surface area contributed by atoms with Gasteiger partial charge in [0.05, 0.1) is 28.6 Å². The molecular formula is C39H48N4O2. The van der Waals surface area contributed by atoms with Crippen LogP contribution in [0.1, 0.15) is 76.4 Å². The Labute approximate surface area is 268 Å². The summed E-state index contributed by atoms with van der Waals surface area (Å²) in [5.74, 6) is 0. The summed E-state index contributed by atoms with van der Waals surface area (Å²) in [7, 11) is 0. The third-order valence-electron chi connectivity index (χ3n) is 7.62. The number of allylic oxidation sites excluding steroid dienone is 1. The van der Waals surface area contributed by atoms with Crippen molar-refractivity contribution in [2.24, 2.45) is 0 Å². The lowest BCUT2D eigenvalue weighted by molar-refractivity contribution is 0.00569. The van der Waals surface area contributed by atoms with Crippen molar-refractivity contribution in [2.45, 2.75) is 86.1 Å². The van der Waals surface area contributed by atoms with Crippen LogP contribution in [0.5, 0.6) is 0 Å². The van der Waals surface area contributed by atoms with Gasteiger partial charge in [0, 0.05) is 22.2 Å². The molecule has 0 bridgehead atoms. The molecule has 0 aliphatic carbocycles. The Morgan fingerprint density at radius 3 is 1.93 bits per heavy atom. The molecule has 2 N–H and O–H groups in total. The number of benzene rings is 3. The van der Waals surface area contributed by atoms with Gasteiger partial charge in [-0.3, -0.25) is 4.98 Å². The molecule has 5 aromatic rings. The second-order valence-corrected chi connectivity index (χ2v) is 14.0. The number of hydrogen-bond donors (Lipinski definition) is 2. The van der Waals surface area contributed by atoms with Gasteiger partial charge in [0.15, 0.2) is 0 Å². The van der Waals surface area contributed by atoms with Crippen LogP contribution in [0.3, 0.4) is 0 Å². The molecule has 1 aliphatic rings. The normalized spacial score (nSPS) is 13.2. The Bertz CT molecular complexity index is 1860. The van der Waals surface area contributed by atoms with Crippen LogP contribution in [0.15, 0.2) is 91.4 Å². The number of aryl methyl sites for hydroxylation is 3. The zero-order valence-corrected chi connectivity index (χ0v) is 28.5. The average Bonchev–Trinajstić information content (AvgIpc) is 3.36. The summed E-state index contributed by atoms with van der Waals surface area (Å²) in [5, 5.41) is 21.3.